The highest BCUT2D eigenvalue weighted by atomic mass is 16.5. The van der Waals surface area contributed by atoms with Crippen LogP contribution in [0.25, 0.3) is 0 Å². The van der Waals surface area contributed by atoms with E-state index in [1.807, 2.05) is 13.8 Å². The fourth-order valence-electron chi connectivity index (χ4n) is 3.65. The lowest BCUT2D eigenvalue weighted by atomic mass is 9.78. The average molecular weight is 356 g/mol. The number of rotatable bonds is 4. The normalized spacial score (nSPS) is 22.8. The van der Waals surface area contributed by atoms with Crippen molar-refractivity contribution in [3.63, 3.8) is 0 Å². The standard InChI is InChI=1S/C19H24N4O3/c1-12-7-16(13(2)26-12)19(24)22-15-8-14(9-15)17-10-18(21-11-20-17)23-3-5-25-6-4-23/h7,10-11,14-15H,3-6,8-9H2,1-2H3,(H,22,24). The molecule has 2 aromatic heterocycles. The molecule has 0 bridgehead atoms. The first kappa shape index (κ1) is 17.0. The van der Waals surface area contributed by atoms with Crippen molar-refractivity contribution in [3.05, 3.63) is 41.2 Å². The van der Waals surface area contributed by atoms with Gasteiger partial charge in [-0.1, -0.05) is 0 Å². The maximum atomic E-state index is 12.4. The summed E-state index contributed by atoms with van der Waals surface area (Å²) in [6.45, 7) is 6.88. The third kappa shape index (κ3) is 3.44. The van der Waals surface area contributed by atoms with Crippen molar-refractivity contribution in [2.24, 2.45) is 0 Å². The lowest BCUT2D eigenvalue weighted by Crippen LogP contribution is -2.43. The number of anilines is 1. The van der Waals surface area contributed by atoms with Crippen molar-refractivity contribution in [3.8, 4) is 0 Å². The summed E-state index contributed by atoms with van der Waals surface area (Å²) in [7, 11) is 0. The second-order valence-electron chi connectivity index (χ2n) is 7.07. The van der Waals surface area contributed by atoms with E-state index in [1.54, 1.807) is 12.4 Å². The number of furan rings is 1. The van der Waals surface area contributed by atoms with E-state index in [0.29, 0.717) is 17.2 Å². The monoisotopic (exact) mass is 356 g/mol. The minimum Gasteiger partial charge on any atom is -0.466 e. The van der Waals surface area contributed by atoms with Crippen molar-refractivity contribution in [1.29, 1.82) is 0 Å². The molecule has 0 spiro atoms. The molecule has 2 aliphatic rings. The Morgan fingerprint density at radius 2 is 1.96 bits per heavy atom. The van der Waals surface area contributed by atoms with Gasteiger partial charge in [0.05, 0.1) is 18.8 Å². The zero-order valence-electron chi connectivity index (χ0n) is 15.2. The van der Waals surface area contributed by atoms with Gasteiger partial charge in [-0.3, -0.25) is 4.79 Å². The van der Waals surface area contributed by atoms with Crippen LogP contribution in [0.3, 0.4) is 0 Å². The Kier molecular flexibility index (Phi) is 4.63. The maximum Gasteiger partial charge on any atom is 0.255 e. The number of amides is 1. The zero-order chi connectivity index (χ0) is 18.1. The Labute approximate surface area is 152 Å². The number of ether oxygens (including phenoxy) is 1. The van der Waals surface area contributed by atoms with Crippen molar-refractivity contribution in [1.82, 2.24) is 15.3 Å². The third-order valence-electron chi connectivity index (χ3n) is 5.19. The van der Waals surface area contributed by atoms with Gasteiger partial charge in [0.15, 0.2) is 0 Å². The topological polar surface area (TPSA) is 80.5 Å². The molecule has 26 heavy (non-hydrogen) atoms. The van der Waals surface area contributed by atoms with E-state index < -0.39 is 0 Å². The summed E-state index contributed by atoms with van der Waals surface area (Å²) in [5.41, 5.74) is 1.69. The van der Waals surface area contributed by atoms with E-state index in [-0.39, 0.29) is 11.9 Å². The Hall–Kier alpha value is -2.41. The van der Waals surface area contributed by atoms with Crippen LogP contribution >= 0.6 is 0 Å². The minimum atomic E-state index is -0.0560. The highest BCUT2D eigenvalue weighted by Gasteiger charge is 2.33. The SMILES string of the molecule is Cc1cc(C(=O)NC2CC(c3cc(N4CCOCC4)ncn3)C2)c(C)o1. The first-order chi connectivity index (χ1) is 12.6. The van der Waals surface area contributed by atoms with Crippen molar-refractivity contribution in [2.45, 2.75) is 38.6 Å². The highest BCUT2D eigenvalue weighted by molar-refractivity contribution is 5.95. The Morgan fingerprint density at radius 3 is 2.65 bits per heavy atom. The molecule has 1 aliphatic carbocycles. The molecular formula is C19H24N4O3. The van der Waals surface area contributed by atoms with E-state index in [9.17, 15) is 4.79 Å². The van der Waals surface area contributed by atoms with Gasteiger partial charge in [0.2, 0.25) is 0 Å². The van der Waals surface area contributed by atoms with Crippen LogP contribution in [0.4, 0.5) is 5.82 Å². The van der Waals surface area contributed by atoms with Crippen LogP contribution in [-0.4, -0.2) is 48.2 Å². The molecule has 7 heteroatoms. The van der Waals surface area contributed by atoms with Crippen LogP contribution < -0.4 is 10.2 Å². The predicted molar refractivity (Wildman–Crippen MR) is 96.5 cm³/mol. The van der Waals surface area contributed by atoms with E-state index in [0.717, 1.165) is 56.4 Å². The number of hydrogen-bond donors (Lipinski definition) is 1. The number of nitrogens with zero attached hydrogens (tertiary/aromatic N) is 3. The maximum absolute atomic E-state index is 12.4. The molecule has 4 rings (SSSR count). The molecule has 1 N–H and O–H groups in total. The van der Waals surface area contributed by atoms with Crippen molar-refractivity contribution in [2.75, 3.05) is 31.2 Å². The number of nitrogens with one attached hydrogen (secondary N) is 1. The van der Waals surface area contributed by atoms with Gasteiger partial charge in [0, 0.05) is 36.8 Å². The molecule has 0 aromatic carbocycles. The number of carbonyl (C=O) groups is 1. The fourth-order valence-corrected chi connectivity index (χ4v) is 3.65. The van der Waals surface area contributed by atoms with Gasteiger partial charge >= 0.3 is 0 Å². The largest absolute Gasteiger partial charge is 0.466 e. The highest BCUT2D eigenvalue weighted by Crippen LogP contribution is 2.36. The van der Waals surface area contributed by atoms with Crippen LogP contribution in [0, 0.1) is 13.8 Å². The lowest BCUT2D eigenvalue weighted by molar-refractivity contribution is 0.0906. The van der Waals surface area contributed by atoms with Gasteiger partial charge in [0.1, 0.15) is 23.7 Å². The first-order valence-corrected chi connectivity index (χ1v) is 9.12. The molecule has 1 amide bonds. The number of carbonyl (C=O) groups excluding carboxylic acids is 1. The molecule has 0 radical (unpaired) electrons. The molecule has 0 unspecified atom stereocenters. The van der Waals surface area contributed by atoms with Gasteiger partial charge in [-0.15, -0.1) is 0 Å². The lowest BCUT2D eigenvalue weighted by Gasteiger charge is -2.36. The molecule has 3 heterocycles. The van der Waals surface area contributed by atoms with Gasteiger partial charge < -0.3 is 19.4 Å². The fraction of sp³-hybridized carbons (Fsp3) is 0.526. The van der Waals surface area contributed by atoms with Gasteiger partial charge in [-0.25, -0.2) is 9.97 Å². The average Bonchev–Trinajstić information content (AvgIpc) is 2.97. The Morgan fingerprint density at radius 1 is 1.19 bits per heavy atom. The number of aromatic nitrogens is 2. The molecule has 2 aromatic rings. The second kappa shape index (κ2) is 7.07. The Balaban J connectivity index is 1.34. The summed E-state index contributed by atoms with van der Waals surface area (Å²) in [6, 6.07) is 4.06. The molecule has 1 saturated carbocycles. The van der Waals surface area contributed by atoms with E-state index in [4.69, 9.17) is 9.15 Å². The van der Waals surface area contributed by atoms with Gasteiger partial charge in [0.25, 0.3) is 5.91 Å². The third-order valence-corrected chi connectivity index (χ3v) is 5.19. The van der Waals surface area contributed by atoms with Crippen molar-refractivity contribution >= 4 is 11.7 Å². The summed E-state index contributed by atoms with van der Waals surface area (Å²) in [5, 5.41) is 3.10. The first-order valence-electron chi connectivity index (χ1n) is 9.12. The molecule has 1 aliphatic heterocycles. The smallest absolute Gasteiger partial charge is 0.255 e. The second-order valence-corrected chi connectivity index (χ2v) is 7.07. The predicted octanol–water partition coefficient (Wildman–Crippen LogP) is 2.20. The molecule has 0 atom stereocenters. The summed E-state index contributed by atoms with van der Waals surface area (Å²) in [6.07, 6.45) is 3.45. The summed E-state index contributed by atoms with van der Waals surface area (Å²) in [5.74, 6) is 2.71. The van der Waals surface area contributed by atoms with Gasteiger partial charge in [-0.2, -0.15) is 0 Å². The molecule has 2 fully saturated rings. The zero-order valence-corrected chi connectivity index (χ0v) is 15.2. The Bertz CT molecular complexity index is 792. The van der Waals surface area contributed by atoms with E-state index >= 15 is 0 Å². The molecular weight excluding hydrogens is 332 g/mol. The molecule has 7 nitrogen and oxygen atoms in total. The van der Waals surface area contributed by atoms with Crippen molar-refractivity contribution < 1.29 is 13.9 Å². The number of hydrogen-bond acceptors (Lipinski definition) is 6. The van der Waals surface area contributed by atoms with E-state index in [2.05, 4.69) is 26.3 Å². The summed E-state index contributed by atoms with van der Waals surface area (Å²) < 4.78 is 10.8. The number of morpholine rings is 1. The van der Waals surface area contributed by atoms with Crippen LogP contribution in [0.1, 0.15) is 46.3 Å². The molecule has 1 saturated heterocycles. The number of aryl methyl sites for hydroxylation is 2. The van der Waals surface area contributed by atoms with Crippen LogP contribution in [0.15, 0.2) is 22.9 Å². The van der Waals surface area contributed by atoms with E-state index in [1.165, 1.54) is 0 Å². The minimum absolute atomic E-state index is 0.0560. The van der Waals surface area contributed by atoms with Gasteiger partial charge in [-0.05, 0) is 32.8 Å². The summed E-state index contributed by atoms with van der Waals surface area (Å²) >= 11 is 0. The summed E-state index contributed by atoms with van der Waals surface area (Å²) in [4.78, 5) is 23.5. The van der Waals surface area contributed by atoms with Crippen LogP contribution in [0.5, 0.6) is 0 Å². The molecule has 138 valence electrons. The van der Waals surface area contributed by atoms with Crippen LogP contribution in [-0.2, 0) is 4.74 Å². The quantitative estimate of drug-likeness (QED) is 0.905. The van der Waals surface area contributed by atoms with Crippen LogP contribution in [0.2, 0.25) is 0 Å².